The zero-order chi connectivity index (χ0) is 25.9. The van der Waals surface area contributed by atoms with Crippen LogP contribution in [0.1, 0.15) is 53.1 Å². The number of ether oxygens (including phenoxy) is 1. The molecule has 0 saturated heterocycles. The highest BCUT2D eigenvalue weighted by Crippen LogP contribution is 2.23. The lowest BCUT2D eigenvalue weighted by Gasteiger charge is -2.18. The Morgan fingerprint density at radius 2 is 1.66 bits per heavy atom. The maximum Gasteiger partial charge on any atom is 0.306 e. The van der Waals surface area contributed by atoms with Crippen LogP contribution >= 0.6 is 0 Å². The summed E-state index contributed by atoms with van der Waals surface area (Å²) in [5.74, 6) is -0.0917. The monoisotopic (exact) mass is 499 g/mol. The predicted molar refractivity (Wildman–Crippen MR) is 135 cm³/mol. The molecule has 0 spiro atoms. The number of hydrogen-bond acceptors (Lipinski definition) is 6. The molecule has 0 bridgehead atoms. The minimum Gasteiger partial charge on any atom is -0.457 e. The van der Waals surface area contributed by atoms with Gasteiger partial charge in [0, 0.05) is 32.1 Å². The lowest BCUT2D eigenvalue weighted by molar-refractivity contribution is -0.142. The number of sulfonamides is 1. The summed E-state index contributed by atoms with van der Waals surface area (Å²) in [5, 5.41) is 0. The Labute approximate surface area is 207 Å². The van der Waals surface area contributed by atoms with Crippen LogP contribution in [0.4, 0.5) is 0 Å². The van der Waals surface area contributed by atoms with E-state index in [9.17, 15) is 18.0 Å². The van der Waals surface area contributed by atoms with Crippen LogP contribution in [0.2, 0.25) is 0 Å². The number of carbonyl (C=O) groups is 2. The van der Waals surface area contributed by atoms with Crippen LogP contribution in [0.25, 0.3) is 11.0 Å². The second-order valence-corrected chi connectivity index (χ2v) is 10.6. The normalized spacial score (nSPS) is 11.9. The molecule has 0 saturated carbocycles. The van der Waals surface area contributed by atoms with Crippen LogP contribution in [0.3, 0.4) is 0 Å². The molecule has 0 atom stereocenters. The van der Waals surface area contributed by atoms with Crippen molar-refractivity contribution in [2.45, 2.75) is 52.4 Å². The summed E-state index contributed by atoms with van der Waals surface area (Å²) in [6.07, 6.45) is 0.361. The van der Waals surface area contributed by atoms with E-state index in [0.29, 0.717) is 36.4 Å². The van der Waals surface area contributed by atoms with E-state index >= 15 is 0 Å². The minimum atomic E-state index is -3.59. The first kappa shape index (κ1) is 26.6. The van der Waals surface area contributed by atoms with E-state index in [1.807, 2.05) is 44.5 Å². The summed E-state index contributed by atoms with van der Waals surface area (Å²) in [5.41, 5.74) is 4.86. The molecule has 0 aliphatic heterocycles. The summed E-state index contributed by atoms with van der Waals surface area (Å²) >= 11 is 0. The standard InChI is InChI=1S/C26H33N3O5S/c1-7-29(8-2)35(32,33)20-9-10-23-22(15-20)27-25(28(23)6)11-12-26(31)34-16-24(30)21-14-18(4)17(3)13-19(21)5/h9-10,13-15H,7-8,11-12,16H2,1-6H3. The van der Waals surface area contributed by atoms with Crippen LogP contribution in [0.15, 0.2) is 35.2 Å². The van der Waals surface area contributed by atoms with Crippen LogP contribution in [0, 0.1) is 20.8 Å². The van der Waals surface area contributed by atoms with Crippen molar-refractivity contribution in [1.82, 2.24) is 13.9 Å². The number of esters is 1. The highest BCUT2D eigenvalue weighted by molar-refractivity contribution is 7.89. The van der Waals surface area contributed by atoms with Gasteiger partial charge in [0.05, 0.1) is 22.3 Å². The molecule has 0 aliphatic carbocycles. The highest BCUT2D eigenvalue weighted by atomic mass is 32.2. The van der Waals surface area contributed by atoms with Crippen LogP contribution < -0.4 is 0 Å². The van der Waals surface area contributed by atoms with Crippen molar-refractivity contribution in [2.24, 2.45) is 7.05 Å². The molecule has 8 nitrogen and oxygen atoms in total. The third kappa shape index (κ3) is 5.62. The van der Waals surface area contributed by atoms with Gasteiger partial charge in [-0.3, -0.25) is 9.59 Å². The fourth-order valence-corrected chi connectivity index (χ4v) is 5.58. The Bertz CT molecular complexity index is 1370. The van der Waals surface area contributed by atoms with Crippen molar-refractivity contribution >= 4 is 32.8 Å². The van der Waals surface area contributed by atoms with Gasteiger partial charge < -0.3 is 9.30 Å². The van der Waals surface area contributed by atoms with Gasteiger partial charge in [0.25, 0.3) is 0 Å². The van der Waals surface area contributed by atoms with Crippen LogP contribution in [0.5, 0.6) is 0 Å². The maximum absolute atomic E-state index is 12.8. The fourth-order valence-electron chi connectivity index (χ4n) is 4.10. The minimum absolute atomic E-state index is 0.0565. The van der Waals surface area contributed by atoms with Crippen molar-refractivity contribution < 1.29 is 22.7 Å². The highest BCUT2D eigenvalue weighted by Gasteiger charge is 2.23. The van der Waals surface area contributed by atoms with Gasteiger partial charge in [0.2, 0.25) is 15.8 Å². The van der Waals surface area contributed by atoms with E-state index in [2.05, 4.69) is 4.98 Å². The number of imidazole rings is 1. The average molecular weight is 500 g/mol. The molecule has 188 valence electrons. The van der Waals surface area contributed by atoms with Crippen LogP contribution in [-0.2, 0) is 33.0 Å². The number of benzene rings is 2. The molecule has 0 aliphatic rings. The molecule has 0 N–H and O–H groups in total. The number of Topliss-reactive ketones (excluding diaryl/α,β-unsaturated/α-hetero) is 1. The van der Waals surface area contributed by atoms with Gasteiger partial charge >= 0.3 is 5.97 Å². The largest absolute Gasteiger partial charge is 0.457 e. The van der Waals surface area contributed by atoms with Gasteiger partial charge in [-0.1, -0.05) is 19.9 Å². The van der Waals surface area contributed by atoms with E-state index in [4.69, 9.17) is 4.74 Å². The number of carbonyl (C=O) groups excluding carboxylic acids is 2. The molecular formula is C26H33N3O5S. The number of fused-ring (bicyclic) bond motifs is 1. The van der Waals surface area contributed by atoms with E-state index < -0.39 is 16.0 Å². The van der Waals surface area contributed by atoms with Crippen molar-refractivity contribution in [1.29, 1.82) is 0 Å². The van der Waals surface area contributed by atoms with E-state index in [1.54, 1.807) is 32.0 Å². The summed E-state index contributed by atoms with van der Waals surface area (Å²) in [4.78, 5) is 29.6. The Morgan fingerprint density at radius 3 is 2.31 bits per heavy atom. The molecule has 0 unspecified atom stereocenters. The van der Waals surface area contributed by atoms with Gasteiger partial charge in [-0.25, -0.2) is 13.4 Å². The molecule has 3 rings (SSSR count). The Balaban J connectivity index is 1.67. The third-order valence-corrected chi connectivity index (χ3v) is 8.39. The maximum atomic E-state index is 12.8. The first-order valence-corrected chi connectivity index (χ1v) is 13.2. The third-order valence-electron chi connectivity index (χ3n) is 6.35. The van der Waals surface area contributed by atoms with Crippen molar-refractivity contribution in [2.75, 3.05) is 19.7 Å². The second kappa shape index (κ2) is 10.7. The smallest absolute Gasteiger partial charge is 0.306 e. The molecular weight excluding hydrogens is 466 g/mol. The molecule has 9 heteroatoms. The van der Waals surface area contributed by atoms with Gasteiger partial charge in [-0.15, -0.1) is 0 Å². The number of aryl methyl sites for hydroxylation is 5. The zero-order valence-electron chi connectivity index (χ0n) is 21.2. The molecule has 3 aromatic rings. The lowest BCUT2D eigenvalue weighted by atomic mass is 9.98. The van der Waals surface area contributed by atoms with Crippen molar-refractivity contribution in [3.8, 4) is 0 Å². The number of nitrogens with zero attached hydrogens (tertiary/aromatic N) is 3. The lowest BCUT2D eigenvalue weighted by Crippen LogP contribution is -2.30. The summed E-state index contributed by atoms with van der Waals surface area (Å²) in [7, 11) is -1.77. The van der Waals surface area contributed by atoms with Gasteiger partial charge in [0.1, 0.15) is 5.82 Å². The molecule has 0 amide bonds. The summed E-state index contributed by atoms with van der Waals surface area (Å²) < 4.78 is 34.1. The number of hydrogen-bond donors (Lipinski definition) is 0. The Morgan fingerprint density at radius 1 is 1.00 bits per heavy atom. The summed E-state index contributed by atoms with van der Waals surface area (Å²) in [6.45, 7) is 9.86. The molecule has 0 fully saturated rings. The van der Waals surface area contributed by atoms with E-state index in [0.717, 1.165) is 22.2 Å². The van der Waals surface area contributed by atoms with Gasteiger partial charge in [0.15, 0.2) is 6.61 Å². The van der Waals surface area contributed by atoms with E-state index in [1.165, 1.54) is 4.31 Å². The second-order valence-electron chi connectivity index (χ2n) is 8.66. The summed E-state index contributed by atoms with van der Waals surface area (Å²) in [6, 6.07) is 8.65. The molecule has 1 heterocycles. The number of rotatable bonds is 10. The van der Waals surface area contributed by atoms with Crippen molar-refractivity contribution in [3.05, 3.63) is 58.4 Å². The van der Waals surface area contributed by atoms with Crippen molar-refractivity contribution in [3.63, 3.8) is 0 Å². The zero-order valence-corrected chi connectivity index (χ0v) is 22.0. The number of aromatic nitrogens is 2. The van der Waals surface area contributed by atoms with Gasteiger partial charge in [-0.2, -0.15) is 4.31 Å². The Kier molecular flexibility index (Phi) is 8.12. The van der Waals surface area contributed by atoms with Gasteiger partial charge in [-0.05, 0) is 61.7 Å². The van der Waals surface area contributed by atoms with Crippen LogP contribution in [-0.4, -0.2) is 53.7 Å². The molecule has 0 radical (unpaired) electrons. The predicted octanol–water partition coefficient (Wildman–Crippen LogP) is 3.89. The first-order chi connectivity index (χ1) is 16.5. The fraction of sp³-hybridized carbons (Fsp3) is 0.423. The Hall–Kier alpha value is -3.04. The topological polar surface area (TPSA) is 98.6 Å². The first-order valence-electron chi connectivity index (χ1n) is 11.7. The molecule has 1 aromatic heterocycles. The molecule has 35 heavy (non-hydrogen) atoms. The quantitative estimate of drug-likeness (QED) is 0.310. The SMILES string of the molecule is CCN(CC)S(=O)(=O)c1ccc2c(c1)nc(CCC(=O)OCC(=O)c1cc(C)c(C)cc1C)n2C. The van der Waals surface area contributed by atoms with E-state index in [-0.39, 0.29) is 23.7 Å². The molecule has 2 aromatic carbocycles. The average Bonchev–Trinajstić information content (AvgIpc) is 3.13. The number of ketones is 1.